The van der Waals surface area contributed by atoms with Gasteiger partial charge in [-0.05, 0) is 23.1 Å². The van der Waals surface area contributed by atoms with Crippen LogP contribution in [0.25, 0.3) is 0 Å². The third-order valence-electron chi connectivity index (χ3n) is 4.25. The normalized spacial score (nSPS) is 13.9. The summed E-state index contributed by atoms with van der Waals surface area (Å²) >= 11 is 0. The van der Waals surface area contributed by atoms with Crippen molar-refractivity contribution in [3.05, 3.63) is 29.3 Å². The number of hydrogen-bond donors (Lipinski definition) is 1. The van der Waals surface area contributed by atoms with Crippen molar-refractivity contribution in [2.75, 3.05) is 5.32 Å². The smallest absolute Gasteiger partial charge is 0.229 e. The third kappa shape index (κ3) is 4.44. The Morgan fingerprint density at radius 3 is 2.24 bits per heavy atom. The highest BCUT2D eigenvalue weighted by Crippen LogP contribution is 2.35. The molecule has 3 heteroatoms. The van der Waals surface area contributed by atoms with Crippen molar-refractivity contribution < 1.29 is 4.79 Å². The molecule has 1 aromatic carbocycles. The van der Waals surface area contributed by atoms with Gasteiger partial charge in [0.15, 0.2) is 0 Å². The molecule has 1 N–H and O–H groups in total. The largest absolute Gasteiger partial charge is 0.325 e. The first kappa shape index (κ1) is 18.0. The van der Waals surface area contributed by atoms with Crippen LogP contribution < -0.4 is 5.32 Å². The Hall–Kier alpha value is -1.09. The molecule has 0 saturated heterocycles. The van der Waals surface area contributed by atoms with E-state index < -0.39 is 8.07 Å². The Morgan fingerprint density at radius 2 is 1.81 bits per heavy atom. The third-order valence-corrected chi connectivity index (χ3v) is 7.16. The van der Waals surface area contributed by atoms with Gasteiger partial charge < -0.3 is 5.32 Å². The van der Waals surface area contributed by atoms with Gasteiger partial charge in [0, 0.05) is 11.1 Å². The predicted octanol–water partition coefficient (Wildman–Crippen LogP) is 5.21. The van der Waals surface area contributed by atoms with Crippen LogP contribution in [-0.2, 0) is 11.2 Å². The number of aryl methyl sites for hydroxylation is 1. The summed E-state index contributed by atoms with van der Waals surface area (Å²) < 4.78 is 0. The summed E-state index contributed by atoms with van der Waals surface area (Å²) in [6.45, 7) is 17.5. The summed E-state index contributed by atoms with van der Waals surface area (Å²) in [6.07, 6.45) is 0.937. The van der Waals surface area contributed by atoms with Gasteiger partial charge in [-0.2, -0.15) is 0 Å². The minimum atomic E-state index is -1.32. The molecule has 2 nitrogen and oxygen atoms in total. The molecule has 1 rings (SSSR count). The lowest BCUT2D eigenvalue weighted by atomic mass is 9.94. The van der Waals surface area contributed by atoms with E-state index in [1.165, 1.54) is 11.1 Å². The molecule has 0 unspecified atom stereocenters. The average Bonchev–Trinajstić information content (AvgIpc) is 2.35. The summed E-state index contributed by atoms with van der Waals surface area (Å²) in [5, 5.41) is 3.21. The van der Waals surface area contributed by atoms with Crippen molar-refractivity contribution >= 4 is 19.7 Å². The summed E-state index contributed by atoms with van der Waals surface area (Å²) in [7, 11) is -1.32. The van der Waals surface area contributed by atoms with Crippen LogP contribution in [0.3, 0.4) is 0 Å². The van der Waals surface area contributed by atoms with Crippen LogP contribution >= 0.6 is 0 Å². The second kappa shape index (κ2) is 6.35. The molecule has 118 valence electrons. The lowest BCUT2D eigenvalue weighted by Crippen LogP contribution is -2.32. The lowest BCUT2D eigenvalue weighted by molar-refractivity contribution is -0.123. The van der Waals surface area contributed by atoms with E-state index in [1.54, 1.807) is 0 Å². The molecule has 0 radical (unpaired) electrons. The Balaban J connectivity index is 3.31. The highest BCUT2D eigenvalue weighted by Gasteiger charge is 2.28. The van der Waals surface area contributed by atoms with E-state index in [4.69, 9.17) is 0 Å². The summed E-state index contributed by atoms with van der Waals surface area (Å²) in [5.41, 5.74) is 3.72. The second-order valence-corrected chi connectivity index (χ2v) is 13.6. The van der Waals surface area contributed by atoms with Crippen LogP contribution in [0.4, 0.5) is 5.69 Å². The van der Waals surface area contributed by atoms with Crippen molar-refractivity contribution in [1.29, 1.82) is 0 Å². The molecule has 0 heterocycles. The van der Waals surface area contributed by atoms with Crippen LogP contribution in [0, 0.1) is 5.41 Å². The minimum absolute atomic E-state index is 0.0902. The second-order valence-electron chi connectivity index (χ2n) is 8.03. The maximum Gasteiger partial charge on any atom is 0.229 e. The quantitative estimate of drug-likeness (QED) is 0.760. The lowest BCUT2D eigenvalue weighted by Gasteiger charge is -2.29. The van der Waals surface area contributed by atoms with E-state index in [0.29, 0.717) is 5.54 Å². The molecule has 0 saturated carbocycles. The molecule has 0 fully saturated rings. The first-order chi connectivity index (χ1) is 9.48. The summed E-state index contributed by atoms with van der Waals surface area (Å²) in [6, 6.07) is 6.43. The Bertz CT molecular complexity index is 509. The fourth-order valence-corrected chi connectivity index (χ4v) is 3.37. The number of carbonyl (C=O) groups excluding carboxylic acids is 1. The Labute approximate surface area is 131 Å². The maximum atomic E-state index is 12.4. The fraction of sp³-hybridized carbons (Fsp3) is 0.611. The van der Waals surface area contributed by atoms with Crippen LogP contribution in [0.1, 0.15) is 51.3 Å². The topological polar surface area (TPSA) is 29.1 Å². The Kier molecular flexibility index (Phi) is 5.43. The van der Waals surface area contributed by atoms with Gasteiger partial charge in [-0.3, -0.25) is 4.79 Å². The monoisotopic (exact) mass is 305 g/mol. The molecule has 0 aliphatic rings. The number of rotatable bonds is 4. The van der Waals surface area contributed by atoms with Gasteiger partial charge in [0.25, 0.3) is 0 Å². The SMILES string of the molecule is CCc1cccc([C@@H](C)[Si](C)(C)C)c1NC(=O)C(C)(C)C. The van der Waals surface area contributed by atoms with Gasteiger partial charge >= 0.3 is 0 Å². The predicted molar refractivity (Wildman–Crippen MR) is 95.7 cm³/mol. The van der Waals surface area contributed by atoms with Crippen molar-refractivity contribution in [3.8, 4) is 0 Å². The first-order valence-corrected chi connectivity index (χ1v) is 11.5. The zero-order chi connectivity index (χ0) is 16.4. The average molecular weight is 306 g/mol. The number of carbonyl (C=O) groups is 1. The highest BCUT2D eigenvalue weighted by atomic mass is 28.3. The maximum absolute atomic E-state index is 12.4. The molecule has 0 aliphatic carbocycles. The van der Waals surface area contributed by atoms with Gasteiger partial charge in [0.2, 0.25) is 5.91 Å². The van der Waals surface area contributed by atoms with E-state index in [9.17, 15) is 4.79 Å². The van der Waals surface area contributed by atoms with Crippen molar-refractivity contribution in [2.24, 2.45) is 5.41 Å². The van der Waals surface area contributed by atoms with Crippen molar-refractivity contribution in [3.63, 3.8) is 0 Å². The molecule has 0 spiro atoms. The van der Waals surface area contributed by atoms with E-state index >= 15 is 0 Å². The Morgan fingerprint density at radius 1 is 1.24 bits per heavy atom. The summed E-state index contributed by atoms with van der Waals surface area (Å²) in [4.78, 5) is 12.4. The van der Waals surface area contributed by atoms with Crippen LogP contribution in [-0.4, -0.2) is 14.0 Å². The van der Waals surface area contributed by atoms with Crippen LogP contribution in [0.2, 0.25) is 19.6 Å². The minimum Gasteiger partial charge on any atom is -0.325 e. The molecular formula is C18H31NOSi. The van der Waals surface area contributed by atoms with Crippen LogP contribution in [0.15, 0.2) is 18.2 Å². The molecule has 0 aliphatic heterocycles. The van der Waals surface area contributed by atoms with E-state index in [0.717, 1.165) is 12.1 Å². The van der Waals surface area contributed by atoms with Crippen molar-refractivity contribution in [1.82, 2.24) is 0 Å². The van der Waals surface area contributed by atoms with Crippen molar-refractivity contribution in [2.45, 2.75) is 66.2 Å². The number of hydrogen-bond acceptors (Lipinski definition) is 1. The molecule has 1 amide bonds. The molecule has 1 atom stereocenters. The number of para-hydroxylation sites is 1. The van der Waals surface area contributed by atoms with Crippen LogP contribution in [0.5, 0.6) is 0 Å². The molecule has 0 bridgehead atoms. The number of benzene rings is 1. The van der Waals surface area contributed by atoms with Gasteiger partial charge in [-0.1, -0.05) is 72.5 Å². The van der Waals surface area contributed by atoms with Gasteiger partial charge in [0.05, 0.1) is 8.07 Å². The number of anilines is 1. The number of amides is 1. The van der Waals surface area contributed by atoms with Gasteiger partial charge in [0.1, 0.15) is 0 Å². The van der Waals surface area contributed by atoms with E-state index in [2.05, 4.69) is 57.0 Å². The first-order valence-electron chi connectivity index (χ1n) is 7.91. The van der Waals surface area contributed by atoms with E-state index in [1.807, 2.05) is 20.8 Å². The van der Waals surface area contributed by atoms with Gasteiger partial charge in [-0.25, -0.2) is 0 Å². The standard InChI is InChI=1S/C18H31NOSi/c1-9-14-11-10-12-15(13(2)21(6,7)8)16(14)19-17(20)18(3,4)5/h10-13H,9H2,1-8H3,(H,19,20)/t13-/m1/s1. The zero-order valence-electron chi connectivity index (χ0n) is 14.9. The van der Waals surface area contributed by atoms with E-state index in [-0.39, 0.29) is 11.3 Å². The van der Waals surface area contributed by atoms with Gasteiger partial charge in [-0.15, -0.1) is 0 Å². The fourth-order valence-electron chi connectivity index (χ4n) is 2.20. The molecule has 21 heavy (non-hydrogen) atoms. The molecular weight excluding hydrogens is 274 g/mol. The highest BCUT2D eigenvalue weighted by molar-refractivity contribution is 6.77. The summed E-state index contributed by atoms with van der Waals surface area (Å²) in [5.74, 6) is 0.0902. The zero-order valence-corrected chi connectivity index (χ0v) is 15.9. The number of nitrogens with one attached hydrogen (secondary N) is 1. The molecule has 1 aromatic rings. The molecule has 0 aromatic heterocycles.